The van der Waals surface area contributed by atoms with Gasteiger partial charge in [-0.2, -0.15) is 4.99 Å². The Balaban J connectivity index is 1.61. The summed E-state index contributed by atoms with van der Waals surface area (Å²) in [6.07, 6.45) is 1.68. The van der Waals surface area contributed by atoms with Crippen molar-refractivity contribution in [1.82, 2.24) is 9.88 Å². The quantitative estimate of drug-likeness (QED) is 0.674. The van der Waals surface area contributed by atoms with Crippen molar-refractivity contribution in [3.8, 4) is 0 Å². The number of aromatic nitrogens is 1. The summed E-state index contributed by atoms with van der Waals surface area (Å²) in [6.45, 7) is 4.38. The predicted octanol–water partition coefficient (Wildman–Crippen LogP) is 3.30. The topological polar surface area (TPSA) is 101 Å². The van der Waals surface area contributed by atoms with Crippen molar-refractivity contribution >= 4 is 56.9 Å². The number of hydrogen-bond donors (Lipinski definition) is 1. The van der Waals surface area contributed by atoms with Crippen molar-refractivity contribution in [2.75, 3.05) is 18.5 Å². The Morgan fingerprint density at radius 1 is 1.28 bits per heavy atom. The minimum Gasteiger partial charge on any atom is -0.462 e. The number of carbonyl (C=O) groups is 3. The normalized spacial score (nSPS) is 17.6. The maximum Gasteiger partial charge on any atom is 0.338 e. The SMILES string of the molecule is CCOC(=O)c1ccc(NC(=O)CC2S/C(=N/c3nccs3)N(CC)C2=O)cc1. The number of esters is 1. The van der Waals surface area contributed by atoms with E-state index in [-0.39, 0.29) is 18.2 Å². The lowest BCUT2D eigenvalue weighted by Gasteiger charge is -2.13. The van der Waals surface area contributed by atoms with E-state index in [0.717, 1.165) is 0 Å². The molecule has 8 nitrogen and oxygen atoms in total. The van der Waals surface area contributed by atoms with Crippen LogP contribution in [0, 0.1) is 0 Å². The van der Waals surface area contributed by atoms with E-state index in [4.69, 9.17) is 4.74 Å². The number of rotatable bonds is 7. The Labute approximate surface area is 176 Å². The molecule has 0 radical (unpaired) electrons. The molecule has 1 fully saturated rings. The third-order valence-corrected chi connectivity index (χ3v) is 5.84. The van der Waals surface area contributed by atoms with Crippen LogP contribution in [0.25, 0.3) is 0 Å². The lowest BCUT2D eigenvalue weighted by molar-refractivity contribution is -0.128. The van der Waals surface area contributed by atoms with E-state index in [9.17, 15) is 14.4 Å². The average Bonchev–Trinajstić information content (AvgIpc) is 3.31. The highest BCUT2D eigenvalue weighted by molar-refractivity contribution is 8.15. The molecule has 1 saturated heterocycles. The van der Waals surface area contributed by atoms with Crippen LogP contribution in [0.4, 0.5) is 10.8 Å². The van der Waals surface area contributed by atoms with E-state index < -0.39 is 11.2 Å². The largest absolute Gasteiger partial charge is 0.462 e. The number of anilines is 1. The van der Waals surface area contributed by atoms with Crippen molar-refractivity contribution in [3.05, 3.63) is 41.4 Å². The molecule has 1 unspecified atom stereocenters. The molecule has 152 valence electrons. The lowest BCUT2D eigenvalue weighted by Crippen LogP contribution is -2.33. The zero-order valence-electron chi connectivity index (χ0n) is 16.0. The van der Waals surface area contributed by atoms with Gasteiger partial charge in [-0.1, -0.05) is 11.8 Å². The first-order valence-electron chi connectivity index (χ1n) is 9.05. The van der Waals surface area contributed by atoms with Crippen molar-refractivity contribution < 1.29 is 19.1 Å². The monoisotopic (exact) mass is 432 g/mol. The molecule has 1 aliphatic rings. The molecule has 0 aliphatic carbocycles. The van der Waals surface area contributed by atoms with Crippen LogP contribution in [-0.4, -0.2) is 51.2 Å². The van der Waals surface area contributed by atoms with Crippen molar-refractivity contribution in [3.63, 3.8) is 0 Å². The fourth-order valence-electron chi connectivity index (χ4n) is 2.65. The third kappa shape index (κ3) is 5.21. The van der Waals surface area contributed by atoms with Gasteiger partial charge in [0.1, 0.15) is 5.25 Å². The van der Waals surface area contributed by atoms with E-state index in [1.54, 1.807) is 42.3 Å². The smallest absolute Gasteiger partial charge is 0.338 e. The van der Waals surface area contributed by atoms with E-state index in [2.05, 4.69) is 15.3 Å². The van der Waals surface area contributed by atoms with Crippen LogP contribution < -0.4 is 5.32 Å². The molecule has 0 spiro atoms. The molecule has 0 saturated carbocycles. The minimum atomic E-state index is -0.535. The van der Waals surface area contributed by atoms with Crippen LogP contribution in [0.2, 0.25) is 0 Å². The molecule has 10 heteroatoms. The maximum absolute atomic E-state index is 12.6. The number of ether oxygens (including phenoxy) is 1. The summed E-state index contributed by atoms with van der Waals surface area (Å²) in [4.78, 5) is 46.8. The number of nitrogens with one attached hydrogen (secondary N) is 1. The molecular formula is C19H20N4O4S2. The number of amides is 2. The van der Waals surface area contributed by atoms with E-state index >= 15 is 0 Å². The molecule has 1 N–H and O–H groups in total. The molecule has 1 atom stereocenters. The molecule has 1 aromatic carbocycles. The zero-order chi connectivity index (χ0) is 20.8. The molecule has 3 rings (SSSR count). The van der Waals surface area contributed by atoms with Crippen LogP contribution >= 0.6 is 23.1 Å². The molecule has 29 heavy (non-hydrogen) atoms. The summed E-state index contributed by atoms with van der Waals surface area (Å²) in [5.41, 5.74) is 0.954. The number of hydrogen-bond acceptors (Lipinski definition) is 8. The van der Waals surface area contributed by atoms with Crippen molar-refractivity contribution in [1.29, 1.82) is 0 Å². The standard InChI is InChI=1S/C19H20N4O4S2/c1-3-23-16(25)14(29-19(23)22-18-20-9-10-28-18)11-15(24)21-13-7-5-12(6-8-13)17(26)27-4-2/h5-10,14H,3-4,11H2,1-2H3,(H,21,24)/b22-19+. The van der Waals surface area contributed by atoms with E-state index in [1.165, 1.54) is 23.1 Å². The second-order valence-electron chi connectivity index (χ2n) is 5.95. The number of aliphatic imine (C=N–C) groups is 1. The molecule has 2 amide bonds. The number of nitrogens with zero attached hydrogens (tertiary/aromatic N) is 3. The second-order valence-corrected chi connectivity index (χ2v) is 7.99. The number of thiazole rings is 1. The second kappa shape index (κ2) is 9.66. The summed E-state index contributed by atoms with van der Waals surface area (Å²) < 4.78 is 4.93. The van der Waals surface area contributed by atoms with Crippen LogP contribution in [0.3, 0.4) is 0 Å². The average molecular weight is 433 g/mol. The predicted molar refractivity (Wildman–Crippen MR) is 114 cm³/mol. The Kier molecular flexibility index (Phi) is 6.99. The van der Waals surface area contributed by atoms with Gasteiger partial charge in [0.2, 0.25) is 16.9 Å². The Morgan fingerprint density at radius 3 is 2.66 bits per heavy atom. The van der Waals surface area contributed by atoms with Crippen LogP contribution in [0.15, 0.2) is 40.8 Å². The lowest BCUT2D eigenvalue weighted by atomic mass is 10.2. The first-order chi connectivity index (χ1) is 14.0. The van der Waals surface area contributed by atoms with Gasteiger partial charge in [0.25, 0.3) is 0 Å². The first kappa shape index (κ1) is 21.0. The maximum atomic E-state index is 12.6. The highest BCUT2D eigenvalue weighted by Crippen LogP contribution is 2.32. The molecular weight excluding hydrogens is 412 g/mol. The number of carbonyl (C=O) groups excluding carboxylic acids is 3. The minimum absolute atomic E-state index is 0.0243. The van der Waals surface area contributed by atoms with Crippen molar-refractivity contribution in [2.45, 2.75) is 25.5 Å². The van der Waals surface area contributed by atoms with E-state index in [1.807, 2.05) is 12.3 Å². The summed E-state index contributed by atoms with van der Waals surface area (Å²) in [7, 11) is 0. The van der Waals surface area contributed by atoms with Crippen LogP contribution in [-0.2, 0) is 14.3 Å². The summed E-state index contributed by atoms with van der Waals surface area (Å²) in [5.74, 6) is -0.836. The number of amidine groups is 1. The summed E-state index contributed by atoms with van der Waals surface area (Å²) >= 11 is 2.66. The van der Waals surface area contributed by atoms with Crippen LogP contribution in [0.1, 0.15) is 30.6 Å². The molecule has 1 aliphatic heterocycles. The highest BCUT2D eigenvalue weighted by Gasteiger charge is 2.38. The molecule has 2 heterocycles. The van der Waals surface area contributed by atoms with Gasteiger partial charge in [-0.3, -0.25) is 14.5 Å². The van der Waals surface area contributed by atoms with Gasteiger partial charge in [0, 0.05) is 30.2 Å². The van der Waals surface area contributed by atoms with Gasteiger partial charge < -0.3 is 10.1 Å². The molecule has 2 aromatic rings. The first-order valence-corrected chi connectivity index (χ1v) is 10.8. The zero-order valence-corrected chi connectivity index (χ0v) is 17.6. The third-order valence-electron chi connectivity index (χ3n) is 4.00. The van der Waals surface area contributed by atoms with E-state index in [0.29, 0.717) is 34.7 Å². The Morgan fingerprint density at radius 2 is 2.03 bits per heavy atom. The summed E-state index contributed by atoms with van der Waals surface area (Å²) in [6, 6.07) is 6.42. The number of thioether (sulfide) groups is 1. The highest BCUT2D eigenvalue weighted by atomic mass is 32.2. The molecule has 1 aromatic heterocycles. The fourth-order valence-corrected chi connectivity index (χ4v) is 4.42. The van der Waals surface area contributed by atoms with Gasteiger partial charge in [-0.25, -0.2) is 9.78 Å². The summed E-state index contributed by atoms with van der Waals surface area (Å²) in [5, 5.41) is 5.17. The van der Waals surface area contributed by atoms with Gasteiger partial charge in [-0.05, 0) is 38.1 Å². The van der Waals surface area contributed by atoms with Gasteiger partial charge in [0.15, 0.2) is 5.17 Å². The van der Waals surface area contributed by atoms with Gasteiger partial charge in [-0.15, -0.1) is 11.3 Å². The van der Waals surface area contributed by atoms with Gasteiger partial charge in [0.05, 0.1) is 12.2 Å². The van der Waals surface area contributed by atoms with Crippen molar-refractivity contribution in [2.24, 2.45) is 4.99 Å². The number of benzene rings is 1. The van der Waals surface area contributed by atoms with Crippen LogP contribution in [0.5, 0.6) is 0 Å². The Bertz CT molecular complexity index is 913. The molecule has 0 bridgehead atoms. The fraction of sp³-hybridized carbons (Fsp3) is 0.316. The van der Waals surface area contributed by atoms with Gasteiger partial charge >= 0.3 is 5.97 Å². The Hall–Kier alpha value is -2.72.